The van der Waals surface area contributed by atoms with Crippen LogP contribution >= 0.6 is 0 Å². The molecule has 8 nitrogen and oxygen atoms in total. The van der Waals surface area contributed by atoms with Gasteiger partial charge in [0.15, 0.2) is 4.90 Å². The quantitative estimate of drug-likeness (QED) is 0.507. The van der Waals surface area contributed by atoms with Gasteiger partial charge in [0.25, 0.3) is 11.4 Å². The van der Waals surface area contributed by atoms with Gasteiger partial charge in [0, 0.05) is 5.39 Å². The van der Waals surface area contributed by atoms with Crippen molar-refractivity contribution in [2.75, 3.05) is 0 Å². The smallest absolute Gasteiger partial charge is 0.258 e. The van der Waals surface area contributed by atoms with Crippen molar-refractivity contribution in [2.45, 2.75) is 16.7 Å². The van der Waals surface area contributed by atoms with Gasteiger partial charge >= 0.3 is 0 Å². The molecule has 0 amide bonds. The first-order valence-corrected chi connectivity index (χ1v) is 8.88. The Kier molecular flexibility index (Phi) is 4.17. The third kappa shape index (κ3) is 2.78. The molecule has 0 atom stereocenters. The molecule has 0 unspecified atom stereocenters. The fraction of sp³-hybridized carbons (Fsp3) is 0.0588. The van der Waals surface area contributed by atoms with Gasteiger partial charge < -0.3 is 0 Å². The third-order valence-corrected chi connectivity index (χ3v) is 5.81. The summed E-state index contributed by atoms with van der Waals surface area (Å²) in [5.41, 5.74) is -0.516. The van der Waals surface area contributed by atoms with Crippen molar-refractivity contribution in [3.63, 3.8) is 0 Å². The molecule has 0 radical (unpaired) electrons. The summed E-state index contributed by atoms with van der Waals surface area (Å²) in [6.07, 6.45) is 0. The van der Waals surface area contributed by atoms with E-state index < -0.39 is 36.0 Å². The van der Waals surface area contributed by atoms with Gasteiger partial charge in [-0.3, -0.25) is 20.2 Å². The van der Waals surface area contributed by atoms with Crippen molar-refractivity contribution in [3.05, 3.63) is 80.4 Å². The number of fused-ring (bicyclic) bond motifs is 1. The lowest BCUT2D eigenvalue weighted by atomic mass is 10.1. The van der Waals surface area contributed by atoms with Crippen LogP contribution < -0.4 is 0 Å². The molecule has 132 valence electrons. The maximum absolute atomic E-state index is 13.1. The van der Waals surface area contributed by atoms with Crippen LogP contribution in [0.25, 0.3) is 10.8 Å². The molecular formula is C17H12N2O6S. The molecule has 26 heavy (non-hydrogen) atoms. The topological polar surface area (TPSA) is 120 Å². The number of rotatable bonds is 4. The summed E-state index contributed by atoms with van der Waals surface area (Å²) in [6.45, 7) is 1.78. The first-order valence-electron chi connectivity index (χ1n) is 7.40. The van der Waals surface area contributed by atoms with Crippen LogP contribution in [0.4, 0.5) is 11.4 Å². The summed E-state index contributed by atoms with van der Waals surface area (Å²) >= 11 is 0. The number of sulfone groups is 1. The zero-order valence-electron chi connectivity index (χ0n) is 13.4. The van der Waals surface area contributed by atoms with E-state index in [0.717, 1.165) is 5.56 Å². The molecule has 0 aliphatic rings. The van der Waals surface area contributed by atoms with E-state index in [1.165, 1.54) is 36.4 Å². The fourth-order valence-electron chi connectivity index (χ4n) is 2.72. The van der Waals surface area contributed by atoms with E-state index in [2.05, 4.69) is 0 Å². The van der Waals surface area contributed by atoms with Crippen LogP contribution in [0.2, 0.25) is 0 Å². The molecule has 3 aromatic rings. The van der Waals surface area contributed by atoms with Crippen LogP contribution in [0, 0.1) is 27.2 Å². The summed E-state index contributed by atoms with van der Waals surface area (Å²) in [4.78, 5) is 20.4. The Balaban J connectivity index is 2.47. The van der Waals surface area contributed by atoms with E-state index in [4.69, 9.17) is 0 Å². The summed E-state index contributed by atoms with van der Waals surface area (Å²) in [5, 5.41) is 22.7. The molecular weight excluding hydrogens is 360 g/mol. The standard InChI is InChI=1S/C17H12N2O6S/c1-11-6-8-12(9-7-11)26(24,25)17-14-5-3-2-4-13(14)15(18(20)21)10-16(17)19(22)23/h2-10H,1H3. The molecule has 0 fully saturated rings. The van der Waals surface area contributed by atoms with Gasteiger partial charge in [-0.2, -0.15) is 0 Å². The summed E-state index contributed by atoms with van der Waals surface area (Å²) in [5.74, 6) is 0. The van der Waals surface area contributed by atoms with Crippen LogP contribution in [0.5, 0.6) is 0 Å². The highest BCUT2D eigenvalue weighted by Gasteiger charge is 2.34. The Hall–Kier alpha value is -3.33. The zero-order chi connectivity index (χ0) is 19.1. The van der Waals surface area contributed by atoms with E-state index >= 15 is 0 Å². The number of nitro groups is 2. The van der Waals surface area contributed by atoms with E-state index in [9.17, 15) is 28.6 Å². The summed E-state index contributed by atoms with van der Waals surface area (Å²) < 4.78 is 26.2. The highest BCUT2D eigenvalue weighted by molar-refractivity contribution is 7.91. The first-order chi connectivity index (χ1) is 12.2. The summed E-state index contributed by atoms with van der Waals surface area (Å²) in [6, 6.07) is 12.2. The van der Waals surface area contributed by atoms with Gasteiger partial charge in [0.2, 0.25) is 9.84 Å². The number of hydrogen-bond donors (Lipinski definition) is 0. The molecule has 0 bridgehead atoms. The Morgan fingerprint density at radius 2 is 1.35 bits per heavy atom. The molecule has 0 saturated heterocycles. The van der Waals surface area contributed by atoms with E-state index in [1.54, 1.807) is 19.1 Å². The predicted molar refractivity (Wildman–Crippen MR) is 93.9 cm³/mol. The van der Waals surface area contributed by atoms with Crippen molar-refractivity contribution >= 4 is 32.0 Å². The molecule has 3 aromatic carbocycles. The van der Waals surface area contributed by atoms with Gasteiger partial charge in [0.05, 0.1) is 26.2 Å². The van der Waals surface area contributed by atoms with E-state index in [1.807, 2.05) is 0 Å². The lowest BCUT2D eigenvalue weighted by Gasteiger charge is -2.10. The molecule has 0 aliphatic heterocycles. The van der Waals surface area contributed by atoms with Crippen molar-refractivity contribution in [1.82, 2.24) is 0 Å². The van der Waals surface area contributed by atoms with Crippen molar-refractivity contribution in [3.8, 4) is 0 Å². The normalized spacial score (nSPS) is 11.4. The monoisotopic (exact) mass is 372 g/mol. The Morgan fingerprint density at radius 1 is 0.808 bits per heavy atom. The third-order valence-electron chi connectivity index (χ3n) is 3.95. The number of nitrogens with zero attached hydrogens (tertiary/aromatic N) is 2. The summed E-state index contributed by atoms with van der Waals surface area (Å²) in [7, 11) is -4.26. The molecule has 0 N–H and O–H groups in total. The van der Waals surface area contributed by atoms with Gasteiger partial charge in [-0.05, 0) is 25.1 Å². The molecule has 0 aromatic heterocycles. The zero-order valence-corrected chi connectivity index (χ0v) is 14.3. The van der Waals surface area contributed by atoms with Gasteiger partial charge in [-0.25, -0.2) is 8.42 Å². The Morgan fingerprint density at radius 3 is 1.88 bits per heavy atom. The second-order valence-corrected chi connectivity index (χ2v) is 7.51. The molecule has 0 aliphatic carbocycles. The minimum atomic E-state index is -4.26. The highest BCUT2D eigenvalue weighted by Crippen LogP contribution is 2.40. The minimum Gasteiger partial charge on any atom is -0.258 e. The largest absolute Gasteiger partial charge is 0.295 e. The number of non-ortho nitro benzene ring substituents is 1. The van der Waals surface area contributed by atoms with Crippen molar-refractivity contribution < 1.29 is 18.3 Å². The van der Waals surface area contributed by atoms with Crippen LogP contribution in [0.1, 0.15) is 5.56 Å². The highest BCUT2D eigenvalue weighted by atomic mass is 32.2. The average molecular weight is 372 g/mol. The van der Waals surface area contributed by atoms with E-state index in [0.29, 0.717) is 6.07 Å². The van der Waals surface area contributed by atoms with Gasteiger partial charge in [0.1, 0.15) is 0 Å². The fourth-order valence-corrected chi connectivity index (χ4v) is 4.33. The van der Waals surface area contributed by atoms with Gasteiger partial charge in [-0.15, -0.1) is 0 Å². The maximum atomic E-state index is 13.1. The second kappa shape index (κ2) is 6.19. The molecule has 9 heteroatoms. The molecule has 0 spiro atoms. The van der Waals surface area contributed by atoms with Crippen LogP contribution in [-0.4, -0.2) is 18.3 Å². The maximum Gasteiger partial charge on any atom is 0.295 e. The van der Waals surface area contributed by atoms with Crippen LogP contribution in [0.15, 0.2) is 64.4 Å². The van der Waals surface area contributed by atoms with Crippen molar-refractivity contribution in [2.24, 2.45) is 0 Å². The number of hydrogen-bond acceptors (Lipinski definition) is 6. The lowest BCUT2D eigenvalue weighted by molar-refractivity contribution is -0.394. The average Bonchev–Trinajstić information content (AvgIpc) is 2.60. The Labute approximate surface area is 147 Å². The minimum absolute atomic E-state index is 0.0220. The molecule has 0 saturated carbocycles. The lowest BCUT2D eigenvalue weighted by Crippen LogP contribution is -2.08. The van der Waals surface area contributed by atoms with Gasteiger partial charge in [-0.1, -0.05) is 35.9 Å². The predicted octanol–water partition coefficient (Wildman–Crippen LogP) is 3.80. The molecule has 0 heterocycles. The number of benzene rings is 3. The number of nitro benzene ring substituents is 2. The van der Waals surface area contributed by atoms with Crippen LogP contribution in [-0.2, 0) is 9.84 Å². The first kappa shape index (κ1) is 17.5. The second-order valence-electron chi connectivity index (χ2n) is 5.62. The van der Waals surface area contributed by atoms with Crippen molar-refractivity contribution in [1.29, 1.82) is 0 Å². The SMILES string of the molecule is Cc1ccc(S(=O)(=O)c2c([N+](=O)[O-])cc([N+](=O)[O-])c3ccccc23)cc1. The Bertz CT molecular complexity index is 1150. The van der Waals surface area contributed by atoms with Crippen LogP contribution in [0.3, 0.4) is 0 Å². The van der Waals surface area contributed by atoms with E-state index in [-0.39, 0.29) is 15.7 Å². The number of aryl methyl sites for hydroxylation is 1. The molecule has 3 rings (SSSR count).